The molecule has 0 unspecified atom stereocenters. The lowest BCUT2D eigenvalue weighted by atomic mass is 10.1. The molecule has 20 heavy (non-hydrogen) atoms. The second-order valence-electron chi connectivity index (χ2n) is 4.27. The minimum atomic E-state index is -4.45. The third-order valence-electron chi connectivity index (χ3n) is 2.63. The molecule has 0 aliphatic carbocycles. The Morgan fingerprint density at radius 2 is 2.05 bits per heavy atom. The minimum Gasteiger partial charge on any atom is -0.494 e. The van der Waals surface area contributed by atoms with Crippen LogP contribution in [0, 0.1) is 0 Å². The third kappa shape index (κ3) is 4.04. The number of carbonyl (C=O) groups excluding carboxylic acids is 1. The Labute approximate surface area is 115 Å². The largest absolute Gasteiger partial charge is 0.494 e. The number of nitrogens with two attached hydrogens (primary N) is 1. The Balaban J connectivity index is 3.09. The number of ether oxygens (including phenoxy) is 1. The van der Waals surface area contributed by atoms with Crippen LogP contribution in [-0.4, -0.2) is 37.2 Å². The Morgan fingerprint density at radius 1 is 1.40 bits per heavy atom. The van der Waals surface area contributed by atoms with Crippen molar-refractivity contribution in [1.29, 1.82) is 0 Å². The van der Waals surface area contributed by atoms with Crippen LogP contribution in [0.2, 0.25) is 0 Å². The minimum absolute atomic E-state index is 0.0102. The summed E-state index contributed by atoms with van der Waals surface area (Å²) in [5.74, 6) is -0.644. The molecule has 112 valence electrons. The third-order valence-corrected chi connectivity index (χ3v) is 2.63. The monoisotopic (exact) mass is 290 g/mol. The summed E-state index contributed by atoms with van der Waals surface area (Å²) in [7, 11) is 1.32. The van der Waals surface area contributed by atoms with Crippen LogP contribution >= 0.6 is 0 Å². The topological polar surface area (TPSA) is 55.6 Å². The maximum Gasteiger partial charge on any atom is 0.406 e. The number of anilines is 1. The van der Waals surface area contributed by atoms with Gasteiger partial charge in [0.15, 0.2) is 5.75 Å². The van der Waals surface area contributed by atoms with Crippen LogP contribution in [0.15, 0.2) is 18.2 Å². The fourth-order valence-corrected chi connectivity index (χ4v) is 1.86. The van der Waals surface area contributed by atoms with Crippen molar-refractivity contribution in [2.24, 2.45) is 0 Å². The van der Waals surface area contributed by atoms with Crippen LogP contribution in [0.1, 0.15) is 23.7 Å². The van der Waals surface area contributed by atoms with Crippen LogP contribution in [0.5, 0.6) is 5.75 Å². The van der Waals surface area contributed by atoms with E-state index in [9.17, 15) is 18.0 Å². The summed E-state index contributed by atoms with van der Waals surface area (Å²) in [5.41, 5.74) is 5.90. The van der Waals surface area contributed by atoms with E-state index in [2.05, 4.69) is 0 Å². The summed E-state index contributed by atoms with van der Waals surface area (Å²) in [6.45, 7) is 0.418. The van der Waals surface area contributed by atoms with E-state index in [-0.39, 0.29) is 23.5 Å². The number of benzene rings is 1. The Kier molecular flexibility index (Phi) is 5.24. The van der Waals surface area contributed by atoms with E-state index in [1.165, 1.54) is 25.3 Å². The Morgan fingerprint density at radius 3 is 2.55 bits per heavy atom. The first-order valence-corrected chi connectivity index (χ1v) is 6.08. The SMILES string of the molecule is CCCN(CC(F)(F)F)C(=O)c1cccc(N)c1OC. The molecule has 1 rings (SSSR count). The molecule has 4 nitrogen and oxygen atoms in total. The van der Waals surface area contributed by atoms with Gasteiger partial charge >= 0.3 is 6.18 Å². The number of halogens is 3. The molecule has 0 bridgehead atoms. The van der Waals surface area contributed by atoms with Crippen LogP contribution in [0.25, 0.3) is 0 Å². The van der Waals surface area contributed by atoms with E-state index in [0.717, 1.165) is 4.90 Å². The van der Waals surface area contributed by atoms with Gasteiger partial charge in [-0.2, -0.15) is 13.2 Å². The van der Waals surface area contributed by atoms with Crippen LogP contribution in [0.4, 0.5) is 18.9 Å². The van der Waals surface area contributed by atoms with Crippen LogP contribution in [-0.2, 0) is 0 Å². The number of carbonyl (C=O) groups is 1. The van der Waals surface area contributed by atoms with Crippen molar-refractivity contribution in [3.63, 3.8) is 0 Å². The van der Waals surface area contributed by atoms with Crippen LogP contribution < -0.4 is 10.5 Å². The zero-order valence-corrected chi connectivity index (χ0v) is 11.3. The maximum atomic E-state index is 12.5. The Bertz CT molecular complexity index is 475. The van der Waals surface area contributed by atoms with Crippen molar-refractivity contribution in [2.75, 3.05) is 25.9 Å². The van der Waals surface area contributed by atoms with E-state index >= 15 is 0 Å². The predicted molar refractivity (Wildman–Crippen MR) is 69.7 cm³/mol. The van der Waals surface area contributed by atoms with Gasteiger partial charge in [-0.3, -0.25) is 4.79 Å². The molecule has 0 saturated carbocycles. The van der Waals surface area contributed by atoms with Crippen molar-refractivity contribution in [2.45, 2.75) is 19.5 Å². The fraction of sp³-hybridized carbons (Fsp3) is 0.462. The Hall–Kier alpha value is -1.92. The molecule has 0 fully saturated rings. The first-order valence-electron chi connectivity index (χ1n) is 6.08. The average Bonchev–Trinajstić information content (AvgIpc) is 2.35. The molecule has 0 radical (unpaired) electrons. The average molecular weight is 290 g/mol. The van der Waals surface area contributed by atoms with Gasteiger partial charge in [-0.25, -0.2) is 0 Å². The van der Waals surface area contributed by atoms with Gasteiger partial charge < -0.3 is 15.4 Å². The molecule has 2 N–H and O–H groups in total. The predicted octanol–water partition coefficient (Wildman–Crippen LogP) is 2.69. The van der Waals surface area contributed by atoms with Gasteiger partial charge in [0, 0.05) is 6.54 Å². The summed E-state index contributed by atoms with van der Waals surface area (Å²) in [5, 5.41) is 0. The van der Waals surface area contributed by atoms with E-state index in [1.807, 2.05) is 0 Å². The number of amides is 1. The highest BCUT2D eigenvalue weighted by Gasteiger charge is 2.33. The lowest BCUT2D eigenvalue weighted by Gasteiger charge is -2.24. The molecule has 0 aromatic heterocycles. The number of rotatable bonds is 5. The normalized spacial score (nSPS) is 11.2. The van der Waals surface area contributed by atoms with E-state index in [4.69, 9.17) is 10.5 Å². The summed E-state index contributed by atoms with van der Waals surface area (Å²) in [6.07, 6.45) is -4.02. The quantitative estimate of drug-likeness (QED) is 0.848. The molecule has 0 aliphatic heterocycles. The molecule has 1 aromatic carbocycles. The lowest BCUT2D eigenvalue weighted by molar-refractivity contribution is -0.140. The number of nitrogen functional groups attached to an aromatic ring is 1. The summed E-state index contributed by atoms with van der Waals surface area (Å²) < 4.78 is 42.6. The van der Waals surface area contributed by atoms with Gasteiger partial charge in [-0.1, -0.05) is 13.0 Å². The first-order chi connectivity index (χ1) is 9.30. The second kappa shape index (κ2) is 6.49. The molecule has 0 heterocycles. The zero-order valence-electron chi connectivity index (χ0n) is 11.3. The smallest absolute Gasteiger partial charge is 0.406 e. The fourth-order valence-electron chi connectivity index (χ4n) is 1.86. The number of hydrogen-bond donors (Lipinski definition) is 1. The molecule has 7 heteroatoms. The number of methoxy groups -OCH3 is 1. The van der Waals surface area contributed by atoms with Crippen LogP contribution in [0.3, 0.4) is 0 Å². The van der Waals surface area contributed by atoms with Gasteiger partial charge in [-0.05, 0) is 18.6 Å². The highest BCUT2D eigenvalue weighted by Crippen LogP contribution is 2.28. The highest BCUT2D eigenvalue weighted by molar-refractivity contribution is 5.98. The number of alkyl halides is 3. The molecule has 0 spiro atoms. The maximum absolute atomic E-state index is 12.5. The first kappa shape index (κ1) is 16.1. The summed E-state index contributed by atoms with van der Waals surface area (Å²) in [4.78, 5) is 13.0. The van der Waals surface area contributed by atoms with E-state index < -0.39 is 18.6 Å². The van der Waals surface area contributed by atoms with Crippen molar-refractivity contribution in [3.05, 3.63) is 23.8 Å². The molecule has 0 atom stereocenters. The molecule has 1 aromatic rings. The molecule has 1 amide bonds. The second-order valence-corrected chi connectivity index (χ2v) is 4.27. The molecule has 0 saturated heterocycles. The van der Waals surface area contributed by atoms with Crippen molar-refractivity contribution < 1.29 is 22.7 Å². The van der Waals surface area contributed by atoms with Gasteiger partial charge in [0.1, 0.15) is 6.54 Å². The van der Waals surface area contributed by atoms with Crippen molar-refractivity contribution >= 4 is 11.6 Å². The highest BCUT2D eigenvalue weighted by atomic mass is 19.4. The van der Waals surface area contributed by atoms with E-state index in [0.29, 0.717) is 6.42 Å². The summed E-state index contributed by atoms with van der Waals surface area (Å²) >= 11 is 0. The van der Waals surface area contributed by atoms with Crippen molar-refractivity contribution in [1.82, 2.24) is 4.90 Å². The molecular formula is C13H17F3N2O2. The molecular weight excluding hydrogens is 273 g/mol. The summed E-state index contributed by atoms with van der Waals surface area (Å²) in [6, 6.07) is 4.42. The standard InChI is InChI=1S/C13H17F3N2O2/c1-3-7-18(8-13(14,15)16)12(19)9-5-4-6-10(17)11(9)20-2/h4-6H,3,7-8,17H2,1-2H3. The number of nitrogens with zero attached hydrogens (tertiary/aromatic N) is 1. The van der Waals surface area contributed by atoms with E-state index in [1.54, 1.807) is 6.92 Å². The van der Waals surface area contributed by atoms with Gasteiger partial charge in [0.05, 0.1) is 18.4 Å². The lowest BCUT2D eigenvalue weighted by Crippen LogP contribution is -2.39. The zero-order chi connectivity index (χ0) is 15.3. The number of hydrogen-bond acceptors (Lipinski definition) is 3. The van der Waals surface area contributed by atoms with Gasteiger partial charge in [0.2, 0.25) is 0 Å². The van der Waals surface area contributed by atoms with Crippen molar-refractivity contribution in [3.8, 4) is 5.75 Å². The van der Waals surface area contributed by atoms with Gasteiger partial charge in [0.25, 0.3) is 5.91 Å². The molecule has 0 aliphatic rings. The van der Waals surface area contributed by atoms with Gasteiger partial charge in [-0.15, -0.1) is 0 Å². The number of para-hydroxylation sites is 1.